The van der Waals surface area contributed by atoms with Gasteiger partial charge in [0.05, 0.1) is 11.7 Å². The van der Waals surface area contributed by atoms with Crippen LogP contribution in [-0.2, 0) is 11.2 Å². The standard InChI is InChI=1S/C14H18N4O5/c1-3-8(13(22)23)10-6-11(20)16-14(15-10)18-12(21)9(4-5-19)7(2)17-18/h6,8,17,19H,3-5H2,1-2H3,(H,22,23)(H,15,16,20)/p-1. The lowest BCUT2D eigenvalue weighted by atomic mass is 10.0. The number of aromatic nitrogens is 4. The minimum Gasteiger partial charge on any atom is -0.549 e. The Hall–Kier alpha value is -2.68. The average molecular weight is 321 g/mol. The van der Waals surface area contributed by atoms with Crippen molar-refractivity contribution in [3.63, 3.8) is 0 Å². The lowest BCUT2D eigenvalue weighted by Crippen LogP contribution is -2.32. The number of carboxylic acid groups (broad SMARTS) is 1. The first-order chi connectivity index (χ1) is 10.9. The topological polar surface area (TPSA) is 144 Å². The molecule has 3 N–H and O–H groups in total. The van der Waals surface area contributed by atoms with Crippen LogP contribution in [0.1, 0.15) is 36.2 Å². The van der Waals surface area contributed by atoms with Gasteiger partial charge >= 0.3 is 0 Å². The van der Waals surface area contributed by atoms with Crippen LogP contribution in [0.15, 0.2) is 15.7 Å². The van der Waals surface area contributed by atoms with Gasteiger partial charge in [-0.05, 0) is 13.3 Å². The van der Waals surface area contributed by atoms with Gasteiger partial charge in [0.15, 0.2) is 0 Å². The van der Waals surface area contributed by atoms with Crippen molar-refractivity contribution in [3.8, 4) is 5.95 Å². The van der Waals surface area contributed by atoms with E-state index in [0.717, 1.165) is 10.7 Å². The molecule has 23 heavy (non-hydrogen) atoms. The number of aryl methyl sites for hydroxylation is 1. The summed E-state index contributed by atoms with van der Waals surface area (Å²) in [5.41, 5.74) is -0.114. The highest BCUT2D eigenvalue weighted by Gasteiger charge is 2.17. The molecule has 0 aliphatic heterocycles. The monoisotopic (exact) mass is 321 g/mol. The second-order valence-electron chi connectivity index (χ2n) is 5.10. The van der Waals surface area contributed by atoms with Crippen LogP contribution < -0.4 is 16.2 Å². The van der Waals surface area contributed by atoms with Gasteiger partial charge in [-0.25, -0.2) is 4.98 Å². The van der Waals surface area contributed by atoms with Crippen LogP contribution in [-0.4, -0.2) is 37.4 Å². The summed E-state index contributed by atoms with van der Waals surface area (Å²) in [5, 5.41) is 22.9. The van der Waals surface area contributed by atoms with Gasteiger partial charge in [0.25, 0.3) is 11.1 Å². The van der Waals surface area contributed by atoms with E-state index in [-0.39, 0.29) is 31.1 Å². The lowest BCUT2D eigenvalue weighted by molar-refractivity contribution is -0.308. The number of hydrogen-bond acceptors (Lipinski definition) is 6. The van der Waals surface area contributed by atoms with Crippen molar-refractivity contribution >= 4 is 5.97 Å². The molecule has 0 spiro atoms. The van der Waals surface area contributed by atoms with Crippen molar-refractivity contribution in [2.24, 2.45) is 0 Å². The number of nitrogens with one attached hydrogen (secondary N) is 2. The predicted molar refractivity (Wildman–Crippen MR) is 78.4 cm³/mol. The maximum absolute atomic E-state index is 12.3. The van der Waals surface area contributed by atoms with Gasteiger partial charge in [-0.3, -0.25) is 19.7 Å². The third-order valence-corrected chi connectivity index (χ3v) is 3.57. The predicted octanol–water partition coefficient (Wildman–Crippen LogP) is -1.66. The molecule has 2 rings (SSSR count). The van der Waals surface area contributed by atoms with Crippen LogP contribution in [0.25, 0.3) is 5.95 Å². The number of carbonyl (C=O) groups is 1. The van der Waals surface area contributed by atoms with Gasteiger partial charge in [0, 0.05) is 36.3 Å². The fraction of sp³-hybridized carbons (Fsp3) is 0.429. The zero-order valence-corrected chi connectivity index (χ0v) is 12.8. The fourth-order valence-corrected chi connectivity index (χ4v) is 2.38. The molecule has 0 bridgehead atoms. The number of rotatable bonds is 6. The van der Waals surface area contributed by atoms with Gasteiger partial charge in [0.1, 0.15) is 0 Å². The highest BCUT2D eigenvalue weighted by Crippen LogP contribution is 2.15. The number of aliphatic carboxylic acids is 1. The molecule has 2 aromatic rings. The number of H-pyrrole nitrogens is 2. The van der Waals surface area contributed by atoms with E-state index < -0.39 is 23.0 Å². The van der Waals surface area contributed by atoms with Gasteiger partial charge in [0.2, 0.25) is 5.95 Å². The molecule has 0 saturated carbocycles. The Morgan fingerprint density at radius 1 is 1.48 bits per heavy atom. The average Bonchev–Trinajstić information content (AvgIpc) is 2.75. The molecule has 1 atom stereocenters. The van der Waals surface area contributed by atoms with Crippen LogP contribution in [0.2, 0.25) is 0 Å². The van der Waals surface area contributed by atoms with E-state index in [1.807, 2.05) is 0 Å². The van der Waals surface area contributed by atoms with Crippen molar-refractivity contribution in [3.05, 3.63) is 43.7 Å². The maximum atomic E-state index is 12.3. The van der Waals surface area contributed by atoms with Crippen LogP contribution in [0, 0.1) is 6.92 Å². The van der Waals surface area contributed by atoms with Gasteiger partial charge in [-0.1, -0.05) is 6.92 Å². The minimum atomic E-state index is -1.34. The van der Waals surface area contributed by atoms with Crippen LogP contribution in [0.5, 0.6) is 0 Å². The smallest absolute Gasteiger partial charge is 0.277 e. The summed E-state index contributed by atoms with van der Waals surface area (Å²) in [4.78, 5) is 41.7. The summed E-state index contributed by atoms with van der Waals surface area (Å²) in [7, 11) is 0. The second-order valence-corrected chi connectivity index (χ2v) is 5.10. The SMILES string of the molecule is CCC(C(=O)[O-])c1cc(=O)[nH]c(-n2[nH]c(C)c(CCO)c2=O)n1. The Morgan fingerprint density at radius 2 is 2.17 bits per heavy atom. The van der Waals surface area contributed by atoms with E-state index >= 15 is 0 Å². The van der Waals surface area contributed by atoms with E-state index in [1.54, 1.807) is 13.8 Å². The third-order valence-electron chi connectivity index (χ3n) is 3.57. The molecule has 0 radical (unpaired) electrons. The molecule has 9 nitrogen and oxygen atoms in total. The van der Waals surface area contributed by atoms with E-state index in [4.69, 9.17) is 5.11 Å². The fourth-order valence-electron chi connectivity index (χ4n) is 2.38. The molecule has 0 saturated heterocycles. The molecule has 2 heterocycles. The van der Waals surface area contributed by atoms with E-state index in [0.29, 0.717) is 11.3 Å². The molecule has 0 aromatic carbocycles. The Kier molecular flexibility index (Phi) is 4.80. The number of carbonyl (C=O) groups excluding carboxylic acids is 1. The number of aliphatic hydroxyl groups excluding tert-OH is 1. The Bertz CT molecular complexity index is 832. The van der Waals surface area contributed by atoms with E-state index in [9.17, 15) is 19.5 Å². The van der Waals surface area contributed by atoms with Crippen LogP contribution >= 0.6 is 0 Å². The highest BCUT2D eigenvalue weighted by atomic mass is 16.4. The molecule has 0 aliphatic rings. The quantitative estimate of drug-likeness (QED) is 0.580. The van der Waals surface area contributed by atoms with Crippen molar-refractivity contribution in [2.45, 2.75) is 32.6 Å². The Morgan fingerprint density at radius 3 is 2.74 bits per heavy atom. The summed E-state index contributed by atoms with van der Waals surface area (Å²) in [6, 6.07) is 1.07. The van der Waals surface area contributed by atoms with Crippen molar-refractivity contribution < 1.29 is 15.0 Å². The first-order valence-corrected chi connectivity index (χ1v) is 7.12. The largest absolute Gasteiger partial charge is 0.549 e. The number of aliphatic hydroxyl groups is 1. The summed E-state index contributed by atoms with van der Waals surface area (Å²) >= 11 is 0. The zero-order chi connectivity index (χ0) is 17.1. The molecule has 0 aliphatic carbocycles. The van der Waals surface area contributed by atoms with Crippen LogP contribution in [0.4, 0.5) is 0 Å². The van der Waals surface area contributed by atoms with Gasteiger partial charge in [-0.2, -0.15) is 4.68 Å². The Balaban J connectivity index is 2.60. The molecule has 9 heteroatoms. The molecule has 1 unspecified atom stereocenters. The number of nitrogens with zero attached hydrogens (tertiary/aromatic N) is 2. The maximum Gasteiger partial charge on any atom is 0.277 e. The minimum absolute atomic E-state index is 0.0223. The summed E-state index contributed by atoms with van der Waals surface area (Å²) in [6.07, 6.45) is 0.362. The van der Waals surface area contributed by atoms with Crippen molar-refractivity contribution in [1.82, 2.24) is 19.7 Å². The molecule has 0 amide bonds. The van der Waals surface area contributed by atoms with Crippen molar-refractivity contribution in [2.75, 3.05) is 6.61 Å². The van der Waals surface area contributed by atoms with Crippen LogP contribution in [0.3, 0.4) is 0 Å². The summed E-state index contributed by atoms with van der Waals surface area (Å²) in [5.74, 6) is -2.49. The molecular weight excluding hydrogens is 304 g/mol. The summed E-state index contributed by atoms with van der Waals surface area (Å²) < 4.78 is 1.02. The first kappa shape index (κ1) is 16.7. The second kappa shape index (κ2) is 6.61. The first-order valence-electron chi connectivity index (χ1n) is 7.12. The van der Waals surface area contributed by atoms with E-state index in [1.165, 1.54) is 0 Å². The summed E-state index contributed by atoms with van der Waals surface area (Å²) in [6.45, 7) is 3.09. The molecule has 0 fully saturated rings. The van der Waals surface area contributed by atoms with Crippen molar-refractivity contribution in [1.29, 1.82) is 0 Å². The van der Waals surface area contributed by atoms with E-state index in [2.05, 4.69) is 15.1 Å². The van der Waals surface area contributed by atoms with Gasteiger partial charge < -0.3 is 15.0 Å². The number of aromatic amines is 2. The lowest BCUT2D eigenvalue weighted by Gasteiger charge is -2.15. The molecule has 2 aromatic heterocycles. The normalized spacial score (nSPS) is 12.3. The highest BCUT2D eigenvalue weighted by molar-refractivity contribution is 5.73. The zero-order valence-electron chi connectivity index (χ0n) is 12.8. The third kappa shape index (κ3) is 3.24. The number of hydrogen-bond donors (Lipinski definition) is 3. The Labute approximate surface area is 130 Å². The molecule has 124 valence electrons. The molecular formula is C14H17N4O5-. The number of carboxylic acids is 1. The van der Waals surface area contributed by atoms with Gasteiger partial charge in [-0.15, -0.1) is 0 Å².